The highest BCUT2D eigenvalue weighted by Crippen LogP contribution is 2.49. The molecule has 0 radical (unpaired) electrons. The Bertz CT molecular complexity index is 442. The summed E-state index contributed by atoms with van der Waals surface area (Å²) in [6.45, 7) is 10.5. The first-order chi connectivity index (χ1) is 8.49. The summed E-state index contributed by atoms with van der Waals surface area (Å²) < 4.78 is 6.82. The van der Waals surface area contributed by atoms with Crippen molar-refractivity contribution in [2.45, 2.75) is 45.6 Å². The number of hydrogen-bond acceptors (Lipinski definition) is 2. The fourth-order valence-electron chi connectivity index (χ4n) is 2.99. The molecule has 3 heteroatoms. The van der Waals surface area contributed by atoms with E-state index in [2.05, 4.69) is 54.2 Å². The van der Waals surface area contributed by atoms with Crippen molar-refractivity contribution in [2.24, 2.45) is 0 Å². The minimum atomic E-state index is 0.214. The summed E-state index contributed by atoms with van der Waals surface area (Å²) in [4.78, 5) is 0. The van der Waals surface area contributed by atoms with E-state index in [0.29, 0.717) is 12.6 Å². The second-order valence-electron chi connectivity index (χ2n) is 5.50. The van der Waals surface area contributed by atoms with Gasteiger partial charge in [0.25, 0.3) is 0 Å². The van der Waals surface area contributed by atoms with Crippen LogP contribution in [0.2, 0.25) is 0 Å². The second kappa shape index (κ2) is 5.22. The number of nitrogens with one attached hydrogen (secondary N) is 1. The Kier molecular flexibility index (Phi) is 4.02. The van der Waals surface area contributed by atoms with Crippen LogP contribution in [0.1, 0.15) is 51.3 Å². The lowest BCUT2D eigenvalue weighted by atomic mass is 9.86. The number of ether oxygens (including phenoxy) is 1. The normalized spacial score (nSPS) is 20.8. The molecule has 1 aromatic carbocycles. The maximum Gasteiger partial charge on any atom is 0.120 e. The van der Waals surface area contributed by atoms with E-state index in [0.717, 1.165) is 18.7 Å². The van der Waals surface area contributed by atoms with Crippen molar-refractivity contribution in [3.63, 3.8) is 0 Å². The summed E-state index contributed by atoms with van der Waals surface area (Å²) in [5.74, 6) is 0.962. The lowest BCUT2D eigenvalue weighted by molar-refractivity contribution is 0.339. The number of fused-ring (bicyclic) bond motifs is 1. The molecule has 1 aliphatic rings. The Morgan fingerprint density at radius 2 is 2.11 bits per heavy atom. The summed E-state index contributed by atoms with van der Waals surface area (Å²) in [7, 11) is 0. The van der Waals surface area contributed by atoms with Gasteiger partial charge in [0.1, 0.15) is 5.75 Å². The Labute approximate surface area is 118 Å². The molecule has 2 nitrogen and oxygen atoms in total. The molecule has 0 bridgehead atoms. The van der Waals surface area contributed by atoms with E-state index >= 15 is 0 Å². The van der Waals surface area contributed by atoms with Gasteiger partial charge in [0.15, 0.2) is 0 Å². The molecule has 18 heavy (non-hydrogen) atoms. The van der Waals surface area contributed by atoms with Gasteiger partial charge in [0.05, 0.1) is 6.61 Å². The third kappa shape index (κ3) is 2.43. The van der Waals surface area contributed by atoms with E-state index in [9.17, 15) is 0 Å². The standard InChI is InChI=1S/C15H22BrNO/c1-5-17-13-9-15(3,4)14-11(13)7-10(18-6-2)8-12(14)16/h7-8,13,17H,5-6,9H2,1-4H3. The van der Waals surface area contributed by atoms with E-state index < -0.39 is 0 Å². The Morgan fingerprint density at radius 1 is 1.39 bits per heavy atom. The number of rotatable bonds is 4. The molecule has 0 fully saturated rings. The monoisotopic (exact) mass is 311 g/mol. The van der Waals surface area contributed by atoms with Gasteiger partial charge < -0.3 is 10.1 Å². The van der Waals surface area contributed by atoms with Gasteiger partial charge in [-0.1, -0.05) is 36.7 Å². The van der Waals surface area contributed by atoms with Gasteiger partial charge in [0.2, 0.25) is 0 Å². The smallest absolute Gasteiger partial charge is 0.120 e. The highest BCUT2D eigenvalue weighted by molar-refractivity contribution is 9.10. The van der Waals surface area contributed by atoms with Crippen molar-refractivity contribution in [3.8, 4) is 5.75 Å². The van der Waals surface area contributed by atoms with Gasteiger partial charge >= 0.3 is 0 Å². The van der Waals surface area contributed by atoms with Gasteiger partial charge in [-0.05, 0) is 48.6 Å². The van der Waals surface area contributed by atoms with Gasteiger partial charge in [-0.15, -0.1) is 0 Å². The van der Waals surface area contributed by atoms with Crippen LogP contribution in [0.5, 0.6) is 5.75 Å². The molecule has 2 rings (SSSR count). The molecule has 0 aromatic heterocycles. The molecule has 0 aliphatic heterocycles. The average Bonchev–Trinajstić information content (AvgIpc) is 2.51. The first-order valence-corrected chi connectivity index (χ1v) is 7.49. The van der Waals surface area contributed by atoms with Crippen LogP contribution in [0.3, 0.4) is 0 Å². The van der Waals surface area contributed by atoms with Crippen LogP contribution >= 0.6 is 15.9 Å². The van der Waals surface area contributed by atoms with Gasteiger partial charge in [0, 0.05) is 10.5 Å². The van der Waals surface area contributed by atoms with Gasteiger partial charge in [-0.2, -0.15) is 0 Å². The summed E-state index contributed by atoms with van der Waals surface area (Å²) in [6, 6.07) is 4.74. The van der Waals surface area contributed by atoms with E-state index in [-0.39, 0.29) is 5.41 Å². The molecular weight excluding hydrogens is 290 g/mol. The van der Waals surface area contributed by atoms with Crippen molar-refractivity contribution < 1.29 is 4.74 Å². The minimum absolute atomic E-state index is 0.214. The van der Waals surface area contributed by atoms with Gasteiger partial charge in [-0.25, -0.2) is 0 Å². The lowest BCUT2D eigenvalue weighted by Crippen LogP contribution is -2.20. The van der Waals surface area contributed by atoms with Crippen LogP contribution in [-0.2, 0) is 5.41 Å². The number of halogens is 1. The molecule has 1 aliphatic carbocycles. The minimum Gasteiger partial charge on any atom is -0.494 e. The Balaban J connectivity index is 2.47. The Hall–Kier alpha value is -0.540. The Morgan fingerprint density at radius 3 is 2.72 bits per heavy atom. The highest BCUT2D eigenvalue weighted by atomic mass is 79.9. The fourth-order valence-corrected chi connectivity index (χ4v) is 3.98. The predicted octanol–water partition coefficient (Wildman–Crippen LogP) is 4.18. The molecule has 0 amide bonds. The maximum absolute atomic E-state index is 5.65. The van der Waals surface area contributed by atoms with Crippen molar-refractivity contribution >= 4 is 15.9 Å². The molecule has 1 unspecified atom stereocenters. The zero-order valence-corrected chi connectivity index (χ0v) is 13.2. The summed E-state index contributed by atoms with van der Waals surface area (Å²) in [5, 5.41) is 3.58. The third-order valence-corrected chi connectivity index (χ3v) is 4.25. The zero-order valence-electron chi connectivity index (χ0n) is 11.6. The number of benzene rings is 1. The second-order valence-corrected chi connectivity index (χ2v) is 6.35. The lowest BCUT2D eigenvalue weighted by Gasteiger charge is -2.21. The quantitative estimate of drug-likeness (QED) is 0.900. The molecule has 100 valence electrons. The van der Waals surface area contributed by atoms with Crippen LogP contribution in [-0.4, -0.2) is 13.2 Å². The maximum atomic E-state index is 5.65. The molecule has 1 N–H and O–H groups in total. The summed E-state index contributed by atoms with van der Waals surface area (Å²) in [6.07, 6.45) is 1.14. The third-order valence-electron chi connectivity index (χ3n) is 3.62. The van der Waals surface area contributed by atoms with Crippen LogP contribution in [0.15, 0.2) is 16.6 Å². The first kappa shape index (κ1) is 13.9. The molecule has 0 saturated carbocycles. The zero-order chi connectivity index (χ0) is 13.3. The molecular formula is C15H22BrNO. The SMILES string of the molecule is CCNC1CC(C)(C)c2c(Br)cc(OCC)cc21. The molecule has 0 spiro atoms. The van der Waals surface area contributed by atoms with Crippen LogP contribution in [0.25, 0.3) is 0 Å². The van der Waals surface area contributed by atoms with Crippen LogP contribution < -0.4 is 10.1 Å². The molecule has 1 atom stereocenters. The number of hydrogen-bond donors (Lipinski definition) is 1. The molecule has 1 aromatic rings. The van der Waals surface area contributed by atoms with Crippen LogP contribution in [0.4, 0.5) is 0 Å². The van der Waals surface area contributed by atoms with Gasteiger partial charge in [-0.3, -0.25) is 0 Å². The highest BCUT2D eigenvalue weighted by Gasteiger charge is 2.38. The first-order valence-electron chi connectivity index (χ1n) is 6.69. The summed E-state index contributed by atoms with van der Waals surface area (Å²) >= 11 is 3.71. The topological polar surface area (TPSA) is 21.3 Å². The summed E-state index contributed by atoms with van der Waals surface area (Å²) in [5.41, 5.74) is 3.03. The van der Waals surface area contributed by atoms with Crippen molar-refractivity contribution in [2.75, 3.05) is 13.2 Å². The molecule has 0 heterocycles. The van der Waals surface area contributed by atoms with E-state index in [1.54, 1.807) is 0 Å². The van der Waals surface area contributed by atoms with E-state index in [1.165, 1.54) is 15.6 Å². The van der Waals surface area contributed by atoms with Crippen LogP contribution in [0, 0.1) is 0 Å². The fraction of sp³-hybridized carbons (Fsp3) is 0.600. The van der Waals surface area contributed by atoms with Crippen molar-refractivity contribution in [3.05, 3.63) is 27.7 Å². The average molecular weight is 312 g/mol. The predicted molar refractivity (Wildman–Crippen MR) is 79.4 cm³/mol. The molecule has 0 saturated heterocycles. The van der Waals surface area contributed by atoms with Crippen molar-refractivity contribution in [1.29, 1.82) is 0 Å². The van der Waals surface area contributed by atoms with E-state index in [4.69, 9.17) is 4.74 Å². The largest absolute Gasteiger partial charge is 0.494 e. The van der Waals surface area contributed by atoms with E-state index in [1.807, 2.05) is 6.92 Å². The van der Waals surface area contributed by atoms with Crippen molar-refractivity contribution in [1.82, 2.24) is 5.32 Å².